The molecule has 0 N–H and O–H groups in total. The van der Waals surface area contributed by atoms with Crippen LogP contribution in [0.4, 0.5) is 0 Å². The zero-order valence-corrected chi connectivity index (χ0v) is 11.9. The van der Waals surface area contributed by atoms with Gasteiger partial charge in [0, 0.05) is 0 Å². The van der Waals surface area contributed by atoms with Crippen LogP contribution in [0.25, 0.3) is 10.8 Å². The molecule has 0 amide bonds. The highest BCUT2D eigenvalue weighted by atomic mass is 15.1. The Morgan fingerprint density at radius 3 is 2.55 bits per heavy atom. The molecular formula is C18H20N2. The second-order valence-electron chi connectivity index (χ2n) is 5.82. The molecular weight excluding hydrogens is 244 g/mol. The number of nitrogens with zero attached hydrogens (tertiary/aromatic N) is 2. The van der Waals surface area contributed by atoms with Crippen LogP contribution in [0.15, 0.2) is 42.5 Å². The third-order valence-electron chi connectivity index (χ3n) is 4.53. The SMILES string of the molecule is CN1CCC(C(C#N)c2cccc3ccccc23)CC1. The van der Waals surface area contributed by atoms with E-state index in [9.17, 15) is 5.26 Å². The Morgan fingerprint density at radius 2 is 1.80 bits per heavy atom. The lowest BCUT2D eigenvalue weighted by Gasteiger charge is -2.32. The normalized spacial score (nSPS) is 18.8. The van der Waals surface area contributed by atoms with Crippen molar-refractivity contribution in [3.63, 3.8) is 0 Å². The molecule has 2 heteroatoms. The highest BCUT2D eigenvalue weighted by molar-refractivity contribution is 5.86. The maximum absolute atomic E-state index is 9.69. The Labute approximate surface area is 120 Å². The third kappa shape index (κ3) is 2.42. The molecule has 2 nitrogen and oxygen atoms in total. The molecule has 0 aliphatic carbocycles. The molecule has 1 atom stereocenters. The number of hydrogen-bond donors (Lipinski definition) is 0. The van der Waals surface area contributed by atoms with Crippen molar-refractivity contribution in [2.75, 3.05) is 20.1 Å². The fourth-order valence-electron chi connectivity index (χ4n) is 3.31. The molecule has 1 fully saturated rings. The second-order valence-corrected chi connectivity index (χ2v) is 5.82. The zero-order valence-electron chi connectivity index (χ0n) is 11.9. The van der Waals surface area contributed by atoms with Gasteiger partial charge in [-0.25, -0.2) is 0 Å². The van der Waals surface area contributed by atoms with Gasteiger partial charge < -0.3 is 4.90 Å². The minimum atomic E-state index is 0.0230. The lowest BCUT2D eigenvalue weighted by molar-refractivity contribution is 0.211. The first-order chi connectivity index (χ1) is 9.79. The molecule has 20 heavy (non-hydrogen) atoms. The Morgan fingerprint density at radius 1 is 1.10 bits per heavy atom. The molecule has 1 heterocycles. The number of hydrogen-bond acceptors (Lipinski definition) is 2. The minimum Gasteiger partial charge on any atom is -0.306 e. The summed E-state index contributed by atoms with van der Waals surface area (Å²) in [5, 5.41) is 12.2. The smallest absolute Gasteiger partial charge is 0.0747 e. The van der Waals surface area contributed by atoms with E-state index in [1.165, 1.54) is 16.3 Å². The average Bonchev–Trinajstić information content (AvgIpc) is 2.50. The Balaban J connectivity index is 1.98. The van der Waals surface area contributed by atoms with Crippen LogP contribution in [0.3, 0.4) is 0 Å². The lowest BCUT2D eigenvalue weighted by Crippen LogP contribution is -2.32. The summed E-state index contributed by atoms with van der Waals surface area (Å²) in [4.78, 5) is 2.36. The van der Waals surface area contributed by atoms with Crippen molar-refractivity contribution in [1.82, 2.24) is 4.90 Å². The molecule has 1 aliphatic rings. The van der Waals surface area contributed by atoms with E-state index in [1.54, 1.807) is 0 Å². The van der Waals surface area contributed by atoms with Crippen LogP contribution in [0.5, 0.6) is 0 Å². The van der Waals surface area contributed by atoms with Crippen LogP contribution in [0.2, 0.25) is 0 Å². The molecule has 0 saturated carbocycles. The van der Waals surface area contributed by atoms with Gasteiger partial charge in [0.15, 0.2) is 0 Å². The predicted molar refractivity (Wildman–Crippen MR) is 82.5 cm³/mol. The molecule has 1 aliphatic heterocycles. The Bertz CT molecular complexity index is 628. The number of benzene rings is 2. The topological polar surface area (TPSA) is 27.0 Å². The molecule has 0 bridgehead atoms. The van der Waals surface area contributed by atoms with Gasteiger partial charge in [-0.15, -0.1) is 0 Å². The molecule has 3 rings (SSSR count). The number of likely N-dealkylation sites (tertiary alicyclic amines) is 1. The van der Waals surface area contributed by atoms with Crippen LogP contribution >= 0.6 is 0 Å². The van der Waals surface area contributed by atoms with E-state index in [2.05, 4.69) is 60.5 Å². The van der Waals surface area contributed by atoms with Gasteiger partial charge in [0.05, 0.1) is 12.0 Å². The lowest BCUT2D eigenvalue weighted by atomic mass is 9.79. The first kappa shape index (κ1) is 13.1. The highest BCUT2D eigenvalue weighted by Gasteiger charge is 2.27. The van der Waals surface area contributed by atoms with Crippen molar-refractivity contribution in [2.45, 2.75) is 18.8 Å². The summed E-state index contributed by atoms with van der Waals surface area (Å²) in [6, 6.07) is 17.3. The molecule has 2 aromatic carbocycles. The number of fused-ring (bicyclic) bond motifs is 1. The summed E-state index contributed by atoms with van der Waals surface area (Å²) >= 11 is 0. The van der Waals surface area contributed by atoms with Crippen molar-refractivity contribution in [1.29, 1.82) is 5.26 Å². The van der Waals surface area contributed by atoms with Crippen LogP contribution in [-0.2, 0) is 0 Å². The van der Waals surface area contributed by atoms with Gasteiger partial charge in [0.1, 0.15) is 0 Å². The van der Waals surface area contributed by atoms with Gasteiger partial charge in [0.2, 0.25) is 0 Å². The van der Waals surface area contributed by atoms with Gasteiger partial charge in [-0.3, -0.25) is 0 Å². The van der Waals surface area contributed by atoms with E-state index in [-0.39, 0.29) is 5.92 Å². The van der Waals surface area contributed by atoms with Gasteiger partial charge in [0.25, 0.3) is 0 Å². The van der Waals surface area contributed by atoms with Gasteiger partial charge in [-0.2, -0.15) is 5.26 Å². The second kappa shape index (κ2) is 5.64. The van der Waals surface area contributed by atoms with E-state index < -0.39 is 0 Å². The average molecular weight is 264 g/mol. The van der Waals surface area contributed by atoms with Crippen molar-refractivity contribution < 1.29 is 0 Å². The fraction of sp³-hybridized carbons (Fsp3) is 0.389. The first-order valence-corrected chi connectivity index (χ1v) is 7.35. The van der Waals surface area contributed by atoms with Crippen molar-refractivity contribution >= 4 is 10.8 Å². The standard InChI is InChI=1S/C18H20N2/c1-20-11-9-15(10-12-20)18(13-19)17-8-4-6-14-5-2-3-7-16(14)17/h2-8,15,18H,9-12H2,1H3. The molecule has 0 radical (unpaired) electrons. The fourth-order valence-corrected chi connectivity index (χ4v) is 3.31. The van der Waals surface area contributed by atoms with E-state index >= 15 is 0 Å². The molecule has 1 saturated heterocycles. The third-order valence-corrected chi connectivity index (χ3v) is 4.53. The summed E-state index contributed by atoms with van der Waals surface area (Å²) in [5.74, 6) is 0.511. The van der Waals surface area contributed by atoms with Crippen LogP contribution in [-0.4, -0.2) is 25.0 Å². The van der Waals surface area contributed by atoms with Gasteiger partial charge in [-0.05, 0) is 55.2 Å². The minimum absolute atomic E-state index is 0.0230. The monoisotopic (exact) mass is 264 g/mol. The van der Waals surface area contributed by atoms with Gasteiger partial charge >= 0.3 is 0 Å². The maximum Gasteiger partial charge on any atom is 0.0747 e. The van der Waals surface area contributed by atoms with E-state index in [1.807, 2.05) is 0 Å². The van der Waals surface area contributed by atoms with Crippen LogP contribution in [0.1, 0.15) is 24.3 Å². The predicted octanol–water partition coefficient (Wildman–Crippen LogP) is 3.79. The quantitative estimate of drug-likeness (QED) is 0.825. The van der Waals surface area contributed by atoms with E-state index in [4.69, 9.17) is 0 Å². The van der Waals surface area contributed by atoms with Crippen LogP contribution in [0, 0.1) is 17.2 Å². The number of rotatable bonds is 2. The summed E-state index contributed by atoms with van der Waals surface area (Å²) in [7, 11) is 2.16. The summed E-state index contributed by atoms with van der Waals surface area (Å²) in [6.07, 6.45) is 2.25. The largest absolute Gasteiger partial charge is 0.306 e. The van der Waals surface area contributed by atoms with Crippen LogP contribution < -0.4 is 0 Å². The number of piperidine rings is 1. The zero-order chi connectivity index (χ0) is 13.9. The van der Waals surface area contributed by atoms with E-state index in [0.717, 1.165) is 25.9 Å². The Kier molecular flexibility index (Phi) is 3.71. The van der Waals surface area contributed by atoms with Crippen molar-refractivity contribution in [3.8, 4) is 6.07 Å². The van der Waals surface area contributed by atoms with E-state index in [0.29, 0.717) is 5.92 Å². The maximum atomic E-state index is 9.69. The van der Waals surface area contributed by atoms with Crippen molar-refractivity contribution in [3.05, 3.63) is 48.0 Å². The molecule has 0 spiro atoms. The summed E-state index contributed by atoms with van der Waals surface area (Å²) in [6.45, 7) is 2.21. The molecule has 102 valence electrons. The highest BCUT2D eigenvalue weighted by Crippen LogP contribution is 2.35. The summed E-state index contributed by atoms with van der Waals surface area (Å²) in [5.41, 5.74) is 1.21. The molecule has 1 unspecified atom stereocenters. The Hall–Kier alpha value is -1.85. The van der Waals surface area contributed by atoms with Gasteiger partial charge in [-0.1, -0.05) is 42.5 Å². The number of nitriles is 1. The van der Waals surface area contributed by atoms with Crippen molar-refractivity contribution in [2.24, 2.45) is 5.92 Å². The molecule has 2 aromatic rings. The summed E-state index contributed by atoms with van der Waals surface area (Å²) < 4.78 is 0. The first-order valence-electron chi connectivity index (χ1n) is 7.35. The molecule has 0 aromatic heterocycles.